The van der Waals surface area contributed by atoms with Gasteiger partial charge in [0, 0.05) is 0 Å². The molecule has 82 valence electrons. The van der Waals surface area contributed by atoms with Crippen LogP contribution in [-0.2, 0) is 9.53 Å². The van der Waals surface area contributed by atoms with Crippen molar-refractivity contribution in [2.45, 2.75) is 32.6 Å². The maximum absolute atomic E-state index is 11.5. The molecule has 0 radical (unpaired) electrons. The van der Waals surface area contributed by atoms with Crippen molar-refractivity contribution in [1.82, 2.24) is 4.90 Å². The third-order valence-corrected chi connectivity index (χ3v) is 2.79. The molecule has 0 N–H and O–H groups in total. The second-order valence-corrected chi connectivity index (χ2v) is 4.10. The van der Waals surface area contributed by atoms with E-state index in [4.69, 9.17) is 4.74 Å². The largest absolute Gasteiger partial charge is 0.465 e. The maximum atomic E-state index is 11.5. The lowest BCUT2D eigenvalue weighted by Crippen LogP contribution is -2.34. The molecule has 3 heteroatoms. The van der Waals surface area contributed by atoms with Gasteiger partial charge in [-0.2, -0.15) is 0 Å². The van der Waals surface area contributed by atoms with E-state index >= 15 is 0 Å². The number of hydrogen-bond donors (Lipinski definition) is 0. The minimum Gasteiger partial charge on any atom is -0.465 e. The molecule has 0 amide bonds. The molecule has 0 aromatic rings. The summed E-state index contributed by atoms with van der Waals surface area (Å²) >= 11 is 0. The first kappa shape index (κ1) is 11.5. The predicted octanol–water partition coefficient (Wildman–Crippen LogP) is 1.67. The number of hydrogen-bond acceptors (Lipinski definition) is 3. The van der Waals surface area contributed by atoms with E-state index in [9.17, 15) is 4.79 Å². The molecule has 1 rings (SSSR count). The lowest BCUT2D eigenvalue weighted by Gasteiger charge is -2.27. The van der Waals surface area contributed by atoms with Gasteiger partial charge in [-0.05, 0) is 39.4 Å². The third-order valence-electron chi connectivity index (χ3n) is 2.79. The normalized spacial score (nSPS) is 19.6. The van der Waals surface area contributed by atoms with Crippen LogP contribution < -0.4 is 0 Å². The number of carbonyl (C=O) groups excluding carboxylic acids is 1. The molecule has 14 heavy (non-hydrogen) atoms. The highest BCUT2D eigenvalue weighted by molar-refractivity contribution is 5.72. The Morgan fingerprint density at radius 1 is 1.43 bits per heavy atom. The summed E-state index contributed by atoms with van der Waals surface area (Å²) in [5, 5.41) is 0. The van der Waals surface area contributed by atoms with Crippen LogP contribution in [0.2, 0.25) is 0 Å². The molecule has 1 saturated heterocycles. The highest BCUT2D eigenvalue weighted by Gasteiger charge is 2.24. The van der Waals surface area contributed by atoms with Gasteiger partial charge in [0.15, 0.2) is 0 Å². The summed E-state index contributed by atoms with van der Waals surface area (Å²) in [5.74, 6) is 0.176. The summed E-state index contributed by atoms with van der Waals surface area (Å²) in [7, 11) is 2.10. The molecular formula is C11H21NO2. The van der Waals surface area contributed by atoms with Gasteiger partial charge in [-0.25, -0.2) is 0 Å². The fraction of sp³-hybridized carbons (Fsp3) is 0.909. The SMILES string of the molecule is CCCCOC(=O)C1CCN(C)CC1. The van der Waals surface area contributed by atoms with Crippen LogP contribution in [0.5, 0.6) is 0 Å². The first-order chi connectivity index (χ1) is 6.74. The first-order valence-electron chi connectivity index (χ1n) is 5.59. The van der Waals surface area contributed by atoms with Gasteiger partial charge in [-0.15, -0.1) is 0 Å². The molecule has 3 nitrogen and oxygen atoms in total. The van der Waals surface area contributed by atoms with E-state index in [2.05, 4.69) is 18.9 Å². The second kappa shape index (κ2) is 6.02. The summed E-state index contributed by atoms with van der Waals surface area (Å²) in [6.45, 7) is 4.74. The number of nitrogens with zero attached hydrogens (tertiary/aromatic N) is 1. The van der Waals surface area contributed by atoms with Crippen molar-refractivity contribution in [3.05, 3.63) is 0 Å². The average molecular weight is 199 g/mol. The lowest BCUT2D eigenvalue weighted by atomic mass is 9.97. The van der Waals surface area contributed by atoms with Crippen molar-refractivity contribution in [2.24, 2.45) is 5.92 Å². The number of ether oxygens (including phenoxy) is 1. The molecule has 0 aromatic carbocycles. The average Bonchev–Trinajstić information content (AvgIpc) is 2.19. The molecule has 0 atom stereocenters. The number of unbranched alkanes of at least 4 members (excludes halogenated alkanes) is 1. The molecule has 0 bridgehead atoms. The Labute approximate surface area is 86.4 Å². The number of esters is 1. The van der Waals surface area contributed by atoms with Gasteiger partial charge >= 0.3 is 5.97 Å². The van der Waals surface area contributed by atoms with Crippen molar-refractivity contribution in [2.75, 3.05) is 26.7 Å². The minimum absolute atomic E-state index is 0.0200. The molecule has 0 saturated carbocycles. The van der Waals surface area contributed by atoms with Crippen LogP contribution in [0.1, 0.15) is 32.6 Å². The molecule has 0 aromatic heterocycles. The summed E-state index contributed by atoms with van der Waals surface area (Å²) in [5.41, 5.74) is 0. The zero-order chi connectivity index (χ0) is 10.4. The monoisotopic (exact) mass is 199 g/mol. The van der Waals surface area contributed by atoms with Crippen LogP contribution in [0.4, 0.5) is 0 Å². The van der Waals surface area contributed by atoms with Crippen molar-refractivity contribution in [3.63, 3.8) is 0 Å². The standard InChI is InChI=1S/C11H21NO2/c1-3-4-9-14-11(13)10-5-7-12(2)8-6-10/h10H,3-9H2,1-2H3. The highest BCUT2D eigenvalue weighted by atomic mass is 16.5. The number of piperidine rings is 1. The van der Waals surface area contributed by atoms with Gasteiger partial charge in [0.05, 0.1) is 12.5 Å². The van der Waals surface area contributed by atoms with Gasteiger partial charge in [0.1, 0.15) is 0 Å². The van der Waals surface area contributed by atoms with Crippen molar-refractivity contribution >= 4 is 5.97 Å². The lowest BCUT2D eigenvalue weighted by molar-refractivity contribution is -0.150. The first-order valence-corrected chi connectivity index (χ1v) is 5.59. The minimum atomic E-state index is 0.0200. The quantitative estimate of drug-likeness (QED) is 0.509. The molecular weight excluding hydrogens is 178 g/mol. The van der Waals surface area contributed by atoms with E-state index in [-0.39, 0.29) is 11.9 Å². The molecule has 1 aliphatic rings. The summed E-state index contributed by atoms with van der Waals surface area (Å²) in [6, 6.07) is 0. The Bertz CT molecular complexity index is 174. The van der Waals surface area contributed by atoms with E-state index in [0.29, 0.717) is 6.61 Å². The van der Waals surface area contributed by atoms with Crippen LogP contribution in [-0.4, -0.2) is 37.6 Å². The van der Waals surface area contributed by atoms with Gasteiger partial charge in [0.25, 0.3) is 0 Å². The van der Waals surface area contributed by atoms with Gasteiger partial charge in [0.2, 0.25) is 0 Å². The molecule has 1 fully saturated rings. The smallest absolute Gasteiger partial charge is 0.309 e. The Kier molecular flexibility index (Phi) is 4.94. The van der Waals surface area contributed by atoms with Gasteiger partial charge < -0.3 is 9.64 Å². The van der Waals surface area contributed by atoms with Crippen LogP contribution in [0.25, 0.3) is 0 Å². The Morgan fingerprint density at radius 3 is 2.64 bits per heavy atom. The topological polar surface area (TPSA) is 29.5 Å². The number of carbonyl (C=O) groups is 1. The van der Waals surface area contributed by atoms with Crippen molar-refractivity contribution in [1.29, 1.82) is 0 Å². The van der Waals surface area contributed by atoms with Crippen LogP contribution in [0.3, 0.4) is 0 Å². The molecule has 0 aliphatic carbocycles. The summed E-state index contributed by atoms with van der Waals surface area (Å²) in [4.78, 5) is 13.8. The zero-order valence-electron chi connectivity index (χ0n) is 9.29. The van der Waals surface area contributed by atoms with Crippen LogP contribution >= 0.6 is 0 Å². The molecule has 0 spiro atoms. The molecule has 1 aliphatic heterocycles. The zero-order valence-corrected chi connectivity index (χ0v) is 9.29. The summed E-state index contributed by atoms with van der Waals surface area (Å²) < 4.78 is 5.20. The third kappa shape index (κ3) is 3.66. The van der Waals surface area contributed by atoms with E-state index in [1.54, 1.807) is 0 Å². The molecule has 1 heterocycles. The Hall–Kier alpha value is -0.570. The van der Waals surface area contributed by atoms with E-state index in [1.807, 2.05) is 0 Å². The number of likely N-dealkylation sites (tertiary alicyclic amines) is 1. The van der Waals surface area contributed by atoms with E-state index < -0.39 is 0 Å². The fourth-order valence-corrected chi connectivity index (χ4v) is 1.68. The predicted molar refractivity (Wildman–Crippen MR) is 56.1 cm³/mol. The number of rotatable bonds is 4. The van der Waals surface area contributed by atoms with Crippen LogP contribution in [0, 0.1) is 5.92 Å². The Balaban J connectivity index is 2.17. The van der Waals surface area contributed by atoms with E-state index in [1.165, 1.54) is 0 Å². The fourth-order valence-electron chi connectivity index (χ4n) is 1.68. The highest BCUT2D eigenvalue weighted by Crippen LogP contribution is 2.17. The van der Waals surface area contributed by atoms with Gasteiger partial charge in [-0.3, -0.25) is 4.79 Å². The van der Waals surface area contributed by atoms with E-state index in [0.717, 1.165) is 38.8 Å². The summed E-state index contributed by atoms with van der Waals surface area (Å²) in [6.07, 6.45) is 3.99. The van der Waals surface area contributed by atoms with Crippen LogP contribution in [0.15, 0.2) is 0 Å². The second-order valence-electron chi connectivity index (χ2n) is 4.10. The van der Waals surface area contributed by atoms with Gasteiger partial charge in [-0.1, -0.05) is 13.3 Å². The molecule has 0 unspecified atom stereocenters. The van der Waals surface area contributed by atoms with Crippen molar-refractivity contribution < 1.29 is 9.53 Å². The Morgan fingerprint density at radius 2 is 2.07 bits per heavy atom. The van der Waals surface area contributed by atoms with Crippen molar-refractivity contribution in [3.8, 4) is 0 Å². The maximum Gasteiger partial charge on any atom is 0.309 e.